The van der Waals surface area contributed by atoms with E-state index in [0.717, 1.165) is 0 Å². The molecule has 0 unspecified atom stereocenters. The van der Waals surface area contributed by atoms with Crippen LogP contribution in [-0.4, -0.2) is 38.2 Å². The van der Waals surface area contributed by atoms with Gasteiger partial charge in [-0.15, -0.1) is 10.2 Å². The molecule has 1 heterocycles. The molecule has 1 aromatic rings. The molecule has 0 aliphatic carbocycles. The number of hydrogen-bond acceptors (Lipinski definition) is 6. The number of nitrogens with two attached hydrogens (primary N) is 1. The molecule has 0 aromatic carbocycles. The lowest BCUT2D eigenvalue weighted by Crippen LogP contribution is -2.38. The van der Waals surface area contributed by atoms with Gasteiger partial charge in [0.15, 0.2) is 5.82 Å². The molecule has 3 N–H and O–H groups in total. The second-order valence-corrected chi connectivity index (χ2v) is 5.05. The van der Waals surface area contributed by atoms with Crippen molar-refractivity contribution in [1.29, 1.82) is 0 Å². The van der Waals surface area contributed by atoms with Crippen LogP contribution < -0.4 is 5.73 Å². The fourth-order valence-corrected chi connectivity index (χ4v) is 1.34. The number of H-pyrrole nitrogens is 1. The number of carbonyl (C=O) groups excluding carboxylic acids is 1. The first-order valence-electron chi connectivity index (χ1n) is 5.51. The maximum absolute atomic E-state index is 11.7. The first-order valence-corrected chi connectivity index (χ1v) is 5.51. The van der Waals surface area contributed by atoms with Crippen LogP contribution in [0.4, 0.5) is 0 Å². The van der Waals surface area contributed by atoms with E-state index in [4.69, 9.17) is 10.5 Å². The van der Waals surface area contributed by atoms with Crippen LogP contribution >= 0.6 is 0 Å². The molecule has 0 fully saturated rings. The second-order valence-electron chi connectivity index (χ2n) is 5.05. The molecular weight excluding hydrogens is 222 g/mol. The molecule has 0 bridgehead atoms. The minimum absolute atomic E-state index is 0.0451. The van der Waals surface area contributed by atoms with Crippen LogP contribution in [0.1, 0.15) is 45.9 Å². The van der Waals surface area contributed by atoms with Gasteiger partial charge in [-0.05, 0) is 27.2 Å². The van der Waals surface area contributed by atoms with E-state index in [1.807, 2.05) is 6.92 Å². The van der Waals surface area contributed by atoms with E-state index in [1.165, 1.54) is 0 Å². The second kappa shape index (κ2) is 5.22. The largest absolute Gasteiger partial charge is 0.459 e. The van der Waals surface area contributed by atoms with Crippen molar-refractivity contribution < 1.29 is 9.53 Å². The Balaban J connectivity index is 2.49. The van der Waals surface area contributed by atoms with Crippen molar-refractivity contribution in [3.63, 3.8) is 0 Å². The Hall–Kier alpha value is -1.50. The van der Waals surface area contributed by atoms with E-state index in [9.17, 15) is 4.79 Å². The van der Waals surface area contributed by atoms with Crippen LogP contribution in [0.15, 0.2) is 0 Å². The molecule has 1 rings (SSSR count). The molecule has 0 saturated heterocycles. The summed E-state index contributed by atoms with van der Waals surface area (Å²) < 4.78 is 5.19. The standard InChI is InChI=1S/C10H19N5O2/c1-6(8-12-14-15-13-8)5-7(11)9(16)17-10(2,3)4/h6-7H,5,11H2,1-4H3,(H,12,13,14,15)/t6-,7+/m1/s1. The molecule has 0 amide bonds. The lowest BCUT2D eigenvalue weighted by Gasteiger charge is -2.22. The van der Waals surface area contributed by atoms with Gasteiger partial charge in [0.1, 0.15) is 11.6 Å². The van der Waals surface area contributed by atoms with Gasteiger partial charge < -0.3 is 10.5 Å². The van der Waals surface area contributed by atoms with E-state index in [1.54, 1.807) is 20.8 Å². The number of esters is 1. The van der Waals surface area contributed by atoms with E-state index in [2.05, 4.69) is 20.6 Å². The van der Waals surface area contributed by atoms with Crippen LogP contribution in [0.5, 0.6) is 0 Å². The SMILES string of the molecule is C[C@H](C[C@H](N)C(=O)OC(C)(C)C)c1nn[nH]n1. The number of rotatable bonds is 4. The molecule has 17 heavy (non-hydrogen) atoms. The first kappa shape index (κ1) is 13.6. The highest BCUT2D eigenvalue weighted by molar-refractivity contribution is 5.75. The summed E-state index contributed by atoms with van der Waals surface area (Å²) in [4.78, 5) is 11.7. The Morgan fingerprint density at radius 3 is 2.65 bits per heavy atom. The highest BCUT2D eigenvalue weighted by atomic mass is 16.6. The Kier molecular flexibility index (Phi) is 4.17. The Morgan fingerprint density at radius 1 is 1.53 bits per heavy atom. The highest BCUT2D eigenvalue weighted by Gasteiger charge is 2.25. The first-order chi connectivity index (χ1) is 7.79. The molecule has 7 nitrogen and oxygen atoms in total. The van der Waals surface area contributed by atoms with Crippen molar-refractivity contribution in [1.82, 2.24) is 20.6 Å². The maximum Gasteiger partial charge on any atom is 0.323 e. The molecule has 1 aromatic heterocycles. The average Bonchev–Trinajstić information content (AvgIpc) is 2.67. The zero-order chi connectivity index (χ0) is 13.1. The summed E-state index contributed by atoms with van der Waals surface area (Å²) in [6.45, 7) is 7.30. The summed E-state index contributed by atoms with van der Waals surface area (Å²) in [6.07, 6.45) is 0.425. The van der Waals surface area contributed by atoms with Gasteiger partial charge in [-0.3, -0.25) is 4.79 Å². The highest BCUT2D eigenvalue weighted by Crippen LogP contribution is 2.17. The van der Waals surface area contributed by atoms with E-state index < -0.39 is 17.6 Å². The fraction of sp³-hybridized carbons (Fsp3) is 0.800. The predicted molar refractivity (Wildman–Crippen MR) is 61.0 cm³/mol. The lowest BCUT2D eigenvalue weighted by atomic mass is 10.0. The van der Waals surface area contributed by atoms with Crippen LogP contribution in [0.25, 0.3) is 0 Å². The van der Waals surface area contributed by atoms with Gasteiger partial charge in [0.25, 0.3) is 0 Å². The van der Waals surface area contributed by atoms with Gasteiger partial charge in [0.05, 0.1) is 0 Å². The van der Waals surface area contributed by atoms with Crippen molar-refractivity contribution in [2.45, 2.75) is 51.7 Å². The molecule has 0 saturated carbocycles. The molecule has 0 radical (unpaired) electrons. The van der Waals surface area contributed by atoms with Crippen LogP contribution in [0, 0.1) is 0 Å². The number of ether oxygens (including phenoxy) is 1. The number of hydrogen-bond donors (Lipinski definition) is 2. The van der Waals surface area contributed by atoms with Crippen molar-refractivity contribution in [2.24, 2.45) is 5.73 Å². The smallest absolute Gasteiger partial charge is 0.323 e. The van der Waals surface area contributed by atoms with Crippen molar-refractivity contribution in [3.8, 4) is 0 Å². The minimum atomic E-state index is -0.678. The van der Waals surface area contributed by atoms with E-state index in [-0.39, 0.29) is 5.92 Å². The maximum atomic E-state index is 11.7. The zero-order valence-corrected chi connectivity index (χ0v) is 10.6. The van der Waals surface area contributed by atoms with E-state index >= 15 is 0 Å². The van der Waals surface area contributed by atoms with E-state index in [0.29, 0.717) is 12.2 Å². The Bertz CT molecular complexity index is 357. The van der Waals surface area contributed by atoms with Gasteiger partial charge in [-0.25, -0.2) is 0 Å². The quantitative estimate of drug-likeness (QED) is 0.737. The Labute approximate surface area is 100 Å². The number of aromatic nitrogens is 4. The van der Waals surface area contributed by atoms with Crippen LogP contribution in [0.2, 0.25) is 0 Å². The van der Waals surface area contributed by atoms with Crippen molar-refractivity contribution >= 4 is 5.97 Å². The average molecular weight is 241 g/mol. The third-order valence-electron chi connectivity index (χ3n) is 2.12. The Morgan fingerprint density at radius 2 is 2.18 bits per heavy atom. The monoisotopic (exact) mass is 241 g/mol. The summed E-state index contributed by atoms with van der Waals surface area (Å²) in [5.41, 5.74) is 5.25. The molecule has 96 valence electrons. The summed E-state index contributed by atoms with van der Waals surface area (Å²) in [7, 11) is 0. The van der Waals surface area contributed by atoms with Crippen LogP contribution in [-0.2, 0) is 9.53 Å². The van der Waals surface area contributed by atoms with Gasteiger partial charge in [0, 0.05) is 5.92 Å². The van der Waals surface area contributed by atoms with Gasteiger partial charge in [-0.2, -0.15) is 5.21 Å². The van der Waals surface area contributed by atoms with Crippen molar-refractivity contribution in [3.05, 3.63) is 5.82 Å². The molecule has 0 aliphatic rings. The van der Waals surface area contributed by atoms with Gasteiger partial charge >= 0.3 is 5.97 Å². The number of carbonyl (C=O) groups is 1. The summed E-state index contributed by atoms with van der Waals surface area (Å²) in [5.74, 6) is 0.0909. The summed E-state index contributed by atoms with van der Waals surface area (Å²) in [5, 5.41) is 13.5. The summed E-state index contributed by atoms with van der Waals surface area (Å²) in [6, 6.07) is -0.678. The van der Waals surface area contributed by atoms with Gasteiger partial charge in [0.2, 0.25) is 0 Å². The summed E-state index contributed by atoms with van der Waals surface area (Å²) >= 11 is 0. The molecule has 2 atom stereocenters. The number of aromatic amines is 1. The normalized spacial score (nSPS) is 15.4. The molecule has 7 heteroatoms. The lowest BCUT2D eigenvalue weighted by molar-refractivity contribution is -0.156. The third kappa shape index (κ3) is 4.48. The molecule has 0 spiro atoms. The number of nitrogens with one attached hydrogen (secondary N) is 1. The topological polar surface area (TPSA) is 107 Å². The third-order valence-corrected chi connectivity index (χ3v) is 2.12. The van der Waals surface area contributed by atoms with Crippen molar-refractivity contribution in [2.75, 3.05) is 0 Å². The zero-order valence-electron chi connectivity index (χ0n) is 10.6. The van der Waals surface area contributed by atoms with Gasteiger partial charge in [-0.1, -0.05) is 12.1 Å². The number of nitrogens with zero attached hydrogens (tertiary/aromatic N) is 3. The minimum Gasteiger partial charge on any atom is -0.459 e. The van der Waals surface area contributed by atoms with Crippen LogP contribution in [0.3, 0.4) is 0 Å². The molecule has 0 aliphatic heterocycles. The number of tetrazole rings is 1. The predicted octanol–water partition coefficient (Wildman–Crippen LogP) is 0.362. The fourth-order valence-electron chi connectivity index (χ4n) is 1.34. The molecular formula is C10H19N5O2.